The summed E-state index contributed by atoms with van der Waals surface area (Å²) in [6.45, 7) is 8.26. The van der Waals surface area contributed by atoms with Crippen molar-refractivity contribution in [2.45, 2.75) is 38.9 Å². The van der Waals surface area contributed by atoms with Gasteiger partial charge in [0.1, 0.15) is 0 Å². The average Bonchev–Trinajstić information content (AvgIpc) is 2.58. The fourth-order valence-electron chi connectivity index (χ4n) is 1.15. The highest BCUT2D eigenvalue weighted by Gasteiger charge is 2.12. The summed E-state index contributed by atoms with van der Waals surface area (Å²) in [4.78, 5) is 0. The molecule has 5 heteroatoms. The van der Waals surface area contributed by atoms with Crippen LogP contribution in [0.1, 0.15) is 11.3 Å². The number of rotatable bonds is 6. The zero-order chi connectivity index (χ0) is 11.3. The molecular formula is C10H20N2O2Si. The SMILES string of the molecule is C[Si](C)(C)CCOCc1n[nH]cc1CO. The number of aliphatic hydroxyl groups excluding tert-OH is 1. The highest BCUT2D eigenvalue weighted by atomic mass is 28.3. The highest BCUT2D eigenvalue weighted by Crippen LogP contribution is 2.10. The number of nitrogens with one attached hydrogen (secondary N) is 1. The first-order valence-corrected chi connectivity index (χ1v) is 8.94. The summed E-state index contributed by atoms with van der Waals surface area (Å²) in [6, 6.07) is 1.16. The molecular weight excluding hydrogens is 208 g/mol. The van der Waals surface area contributed by atoms with Crippen LogP contribution < -0.4 is 0 Å². The number of aromatic nitrogens is 2. The number of nitrogens with zero attached hydrogens (tertiary/aromatic N) is 1. The van der Waals surface area contributed by atoms with Crippen LogP contribution in [0.4, 0.5) is 0 Å². The van der Waals surface area contributed by atoms with Crippen LogP contribution in [-0.4, -0.2) is 30.0 Å². The maximum Gasteiger partial charge on any atom is 0.0934 e. The number of ether oxygens (including phenoxy) is 1. The van der Waals surface area contributed by atoms with E-state index in [1.807, 2.05) is 0 Å². The van der Waals surface area contributed by atoms with Gasteiger partial charge < -0.3 is 9.84 Å². The molecule has 0 unspecified atom stereocenters. The van der Waals surface area contributed by atoms with E-state index in [2.05, 4.69) is 29.8 Å². The summed E-state index contributed by atoms with van der Waals surface area (Å²) in [6.07, 6.45) is 1.71. The van der Waals surface area contributed by atoms with Crippen LogP contribution in [0.2, 0.25) is 25.7 Å². The van der Waals surface area contributed by atoms with Crippen LogP contribution in [0.3, 0.4) is 0 Å². The Balaban J connectivity index is 2.26. The van der Waals surface area contributed by atoms with Crippen LogP contribution in [0.25, 0.3) is 0 Å². The van der Waals surface area contributed by atoms with Gasteiger partial charge in [0.25, 0.3) is 0 Å². The van der Waals surface area contributed by atoms with E-state index < -0.39 is 8.07 Å². The molecule has 4 nitrogen and oxygen atoms in total. The molecule has 2 N–H and O–H groups in total. The van der Waals surface area contributed by atoms with Gasteiger partial charge in [0, 0.05) is 26.4 Å². The van der Waals surface area contributed by atoms with Gasteiger partial charge in [0.05, 0.1) is 18.9 Å². The second-order valence-corrected chi connectivity index (χ2v) is 10.5. The Labute approximate surface area is 91.7 Å². The maximum atomic E-state index is 8.98. The van der Waals surface area contributed by atoms with Crippen molar-refractivity contribution in [3.05, 3.63) is 17.5 Å². The minimum absolute atomic E-state index is 0.0171. The maximum absolute atomic E-state index is 8.98. The molecule has 15 heavy (non-hydrogen) atoms. The van der Waals surface area contributed by atoms with Crippen molar-refractivity contribution in [1.82, 2.24) is 10.2 Å². The van der Waals surface area contributed by atoms with Gasteiger partial charge in [0.15, 0.2) is 0 Å². The van der Waals surface area contributed by atoms with E-state index >= 15 is 0 Å². The van der Waals surface area contributed by atoms with Gasteiger partial charge in [-0.3, -0.25) is 5.10 Å². The Bertz CT molecular complexity index is 294. The molecule has 1 aromatic heterocycles. The first kappa shape index (κ1) is 12.4. The summed E-state index contributed by atoms with van der Waals surface area (Å²) in [7, 11) is -1.00. The van der Waals surface area contributed by atoms with Crippen molar-refractivity contribution in [2.24, 2.45) is 0 Å². The Kier molecular flexibility index (Phi) is 4.50. The molecule has 0 fully saturated rings. The monoisotopic (exact) mass is 228 g/mol. The van der Waals surface area contributed by atoms with Crippen molar-refractivity contribution in [1.29, 1.82) is 0 Å². The van der Waals surface area contributed by atoms with Gasteiger partial charge in [-0.25, -0.2) is 0 Å². The number of H-pyrrole nitrogens is 1. The lowest BCUT2D eigenvalue weighted by molar-refractivity contribution is 0.128. The molecule has 0 aliphatic heterocycles. The second kappa shape index (κ2) is 5.44. The smallest absolute Gasteiger partial charge is 0.0934 e. The van der Waals surface area contributed by atoms with Crippen LogP contribution >= 0.6 is 0 Å². The van der Waals surface area contributed by atoms with Crippen molar-refractivity contribution in [2.75, 3.05) is 6.61 Å². The summed E-state index contributed by atoms with van der Waals surface area (Å²) >= 11 is 0. The highest BCUT2D eigenvalue weighted by molar-refractivity contribution is 6.76. The standard InChI is InChI=1S/C10H20N2O2Si/c1-15(2,3)5-4-14-8-10-9(7-13)6-11-12-10/h6,13H,4-5,7-8H2,1-3H3,(H,11,12). The quantitative estimate of drug-likeness (QED) is 0.576. The Hall–Kier alpha value is -0.653. The molecule has 1 rings (SSSR count). The fourth-order valence-corrected chi connectivity index (χ4v) is 1.91. The van der Waals surface area contributed by atoms with Crippen LogP contribution in [0.5, 0.6) is 0 Å². The third-order valence-electron chi connectivity index (χ3n) is 2.21. The average molecular weight is 228 g/mol. The first-order valence-electron chi connectivity index (χ1n) is 5.23. The van der Waals surface area contributed by atoms with E-state index in [0.717, 1.165) is 23.9 Å². The van der Waals surface area contributed by atoms with Crippen LogP contribution in [0.15, 0.2) is 6.20 Å². The first-order chi connectivity index (χ1) is 7.03. The fraction of sp³-hybridized carbons (Fsp3) is 0.700. The largest absolute Gasteiger partial charge is 0.392 e. The van der Waals surface area contributed by atoms with E-state index in [1.165, 1.54) is 0 Å². The Morgan fingerprint density at radius 1 is 1.47 bits per heavy atom. The number of aliphatic hydroxyl groups is 1. The molecule has 0 aliphatic carbocycles. The summed E-state index contributed by atoms with van der Waals surface area (Å²) in [5.41, 5.74) is 1.64. The van der Waals surface area contributed by atoms with Crippen molar-refractivity contribution >= 4 is 8.07 Å². The molecule has 0 atom stereocenters. The normalized spacial score (nSPS) is 12.0. The lowest BCUT2D eigenvalue weighted by Crippen LogP contribution is -2.21. The molecule has 1 heterocycles. The summed E-state index contributed by atoms with van der Waals surface area (Å²) in [5, 5.41) is 15.7. The Morgan fingerprint density at radius 2 is 2.20 bits per heavy atom. The number of hydrogen-bond donors (Lipinski definition) is 2. The topological polar surface area (TPSA) is 58.1 Å². The predicted octanol–water partition coefficient (Wildman–Crippen LogP) is 1.76. The van der Waals surface area contributed by atoms with E-state index in [0.29, 0.717) is 6.61 Å². The van der Waals surface area contributed by atoms with E-state index in [9.17, 15) is 0 Å². The Morgan fingerprint density at radius 3 is 2.80 bits per heavy atom. The van der Waals surface area contributed by atoms with E-state index in [4.69, 9.17) is 9.84 Å². The molecule has 0 aromatic carbocycles. The van der Waals surface area contributed by atoms with Crippen molar-refractivity contribution < 1.29 is 9.84 Å². The summed E-state index contributed by atoms with van der Waals surface area (Å²) < 4.78 is 5.54. The van der Waals surface area contributed by atoms with Gasteiger partial charge in [-0.1, -0.05) is 19.6 Å². The van der Waals surface area contributed by atoms with Gasteiger partial charge in [-0.05, 0) is 6.04 Å². The second-order valence-electron chi connectivity index (χ2n) is 4.88. The van der Waals surface area contributed by atoms with Gasteiger partial charge >= 0.3 is 0 Å². The molecule has 0 amide bonds. The molecule has 0 radical (unpaired) electrons. The third kappa shape index (κ3) is 4.59. The molecule has 0 saturated heterocycles. The summed E-state index contributed by atoms with van der Waals surface area (Å²) in [5.74, 6) is 0. The van der Waals surface area contributed by atoms with E-state index in [-0.39, 0.29) is 6.61 Å². The molecule has 86 valence electrons. The van der Waals surface area contributed by atoms with Crippen molar-refractivity contribution in [3.8, 4) is 0 Å². The van der Waals surface area contributed by atoms with E-state index in [1.54, 1.807) is 6.20 Å². The third-order valence-corrected chi connectivity index (χ3v) is 3.92. The number of aromatic amines is 1. The molecule has 0 aliphatic rings. The zero-order valence-electron chi connectivity index (χ0n) is 9.71. The molecule has 1 aromatic rings. The van der Waals surface area contributed by atoms with Gasteiger partial charge in [-0.2, -0.15) is 5.10 Å². The van der Waals surface area contributed by atoms with Crippen molar-refractivity contribution in [3.63, 3.8) is 0 Å². The van der Waals surface area contributed by atoms with Gasteiger partial charge in [-0.15, -0.1) is 0 Å². The lowest BCUT2D eigenvalue weighted by atomic mass is 10.3. The van der Waals surface area contributed by atoms with Gasteiger partial charge in [0.2, 0.25) is 0 Å². The van der Waals surface area contributed by atoms with Crippen LogP contribution in [0, 0.1) is 0 Å². The lowest BCUT2D eigenvalue weighted by Gasteiger charge is -2.15. The molecule has 0 spiro atoms. The minimum atomic E-state index is -1.00. The molecule has 0 saturated carbocycles. The zero-order valence-corrected chi connectivity index (χ0v) is 10.7. The minimum Gasteiger partial charge on any atom is -0.392 e. The molecule has 0 bridgehead atoms. The predicted molar refractivity (Wildman–Crippen MR) is 62.3 cm³/mol. The number of hydrogen-bond acceptors (Lipinski definition) is 3. The van der Waals surface area contributed by atoms with Crippen LogP contribution in [-0.2, 0) is 18.0 Å².